The summed E-state index contributed by atoms with van der Waals surface area (Å²) in [5.74, 6) is 0.900. The van der Waals surface area contributed by atoms with Crippen LogP contribution in [0.15, 0.2) is 24.3 Å². The molecule has 1 atom stereocenters. The fraction of sp³-hybridized carbons (Fsp3) is 0.760. The number of hydrogen-bond acceptors (Lipinski definition) is 2. The lowest BCUT2D eigenvalue weighted by atomic mass is 10.0. The minimum atomic E-state index is 0.155. The van der Waals surface area contributed by atoms with Gasteiger partial charge in [0.25, 0.3) is 0 Å². The number of hydrogen-bond donors (Lipinski definition) is 0. The number of benzene rings is 1. The molecule has 1 unspecified atom stereocenters. The highest BCUT2D eigenvalue weighted by Crippen LogP contribution is 2.22. The van der Waals surface area contributed by atoms with E-state index in [0.717, 1.165) is 18.6 Å². The van der Waals surface area contributed by atoms with Crippen LogP contribution >= 0.6 is 0 Å². The summed E-state index contributed by atoms with van der Waals surface area (Å²) in [5, 5.41) is 0. The molecule has 0 heterocycles. The molecule has 0 amide bonds. The first-order valence-electron chi connectivity index (χ1n) is 11.7. The maximum Gasteiger partial charge on any atom is 0.168 e. The van der Waals surface area contributed by atoms with Gasteiger partial charge in [-0.3, -0.25) is 0 Å². The summed E-state index contributed by atoms with van der Waals surface area (Å²) in [7, 11) is 0. The minimum absolute atomic E-state index is 0.155. The summed E-state index contributed by atoms with van der Waals surface area (Å²) < 4.78 is 0. The molecule has 0 spiro atoms. The van der Waals surface area contributed by atoms with Gasteiger partial charge in [-0.25, -0.2) is 0 Å². The highest BCUT2D eigenvalue weighted by Gasteiger charge is 2.08. The number of para-hydroxylation sites is 1. The standard InChI is InChI=1S/C25H44O2/c1-4-6-8-10-12-13-15-19-23(3)26-27-25-22-18-17-21-24(25)20-16-14-11-9-7-5-2/h17-18,21-23H,4-16,19-20H2,1-3H3. The molecule has 0 aliphatic carbocycles. The van der Waals surface area contributed by atoms with Gasteiger partial charge in [-0.2, -0.15) is 4.89 Å². The van der Waals surface area contributed by atoms with Gasteiger partial charge in [0.15, 0.2) is 5.75 Å². The van der Waals surface area contributed by atoms with Gasteiger partial charge in [-0.05, 0) is 37.8 Å². The summed E-state index contributed by atoms with van der Waals surface area (Å²) in [5.41, 5.74) is 1.27. The third-order valence-electron chi connectivity index (χ3n) is 5.29. The lowest BCUT2D eigenvalue weighted by Gasteiger charge is -2.14. The molecule has 0 bridgehead atoms. The number of unbranched alkanes of at least 4 members (excludes halogenated alkanes) is 11. The quantitative estimate of drug-likeness (QED) is 0.145. The van der Waals surface area contributed by atoms with E-state index in [1.807, 2.05) is 12.1 Å². The first-order valence-corrected chi connectivity index (χ1v) is 11.7. The van der Waals surface area contributed by atoms with E-state index < -0.39 is 0 Å². The molecule has 27 heavy (non-hydrogen) atoms. The first-order chi connectivity index (χ1) is 13.3. The molecule has 2 nitrogen and oxygen atoms in total. The van der Waals surface area contributed by atoms with Crippen LogP contribution in [0.1, 0.15) is 116 Å². The van der Waals surface area contributed by atoms with Crippen LogP contribution in [0.2, 0.25) is 0 Å². The normalized spacial score (nSPS) is 12.3. The van der Waals surface area contributed by atoms with Crippen LogP contribution < -0.4 is 4.89 Å². The topological polar surface area (TPSA) is 18.5 Å². The van der Waals surface area contributed by atoms with E-state index in [4.69, 9.17) is 9.78 Å². The fourth-order valence-electron chi connectivity index (χ4n) is 3.46. The maximum atomic E-state index is 5.70. The molecule has 1 aromatic carbocycles. The Labute approximate surface area is 169 Å². The Hall–Kier alpha value is -1.02. The molecule has 0 fully saturated rings. The zero-order chi connectivity index (χ0) is 19.6. The van der Waals surface area contributed by atoms with Crippen LogP contribution in [0.4, 0.5) is 0 Å². The Bertz CT molecular complexity index is 444. The molecule has 0 aromatic heterocycles. The second-order valence-corrected chi connectivity index (χ2v) is 8.03. The highest BCUT2D eigenvalue weighted by atomic mass is 17.2. The maximum absolute atomic E-state index is 5.70. The van der Waals surface area contributed by atoms with Crippen molar-refractivity contribution in [2.24, 2.45) is 0 Å². The molecule has 0 saturated carbocycles. The Morgan fingerprint density at radius 1 is 0.704 bits per heavy atom. The molecule has 156 valence electrons. The predicted octanol–water partition coefficient (Wildman–Crippen LogP) is 8.43. The van der Waals surface area contributed by atoms with Gasteiger partial charge in [0.2, 0.25) is 0 Å². The predicted molar refractivity (Wildman–Crippen MR) is 117 cm³/mol. The van der Waals surface area contributed by atoms with Gasteiger partial charge in [0.05, 0.1) is 0 Å². The fourth-order valence-corrected chi connectivity index (χ4v) is 3.46. The number of aryl methyl sites for hydroxylation is 1. The van der Waals surface area contributed by atoms with Crippen molar-refractivity contribution in [3.8, 4) is 5.75 Å². The molecule has 1 rings (SSSR count). The van der Waals surface area contributed by atoms with Crippen molar-refractivity contribution in [3.05, 3.63) is 29.8 Å². The monoisotopic (exact) mass is 376 g/mol. The summed E-state index contributed by atoms with van der Waals surface area (Å²) in [6.45, 7) is 6.65. The van der Waals surface area contributed by atoms with Gasteiger partial charge >= 0.3 is 0 Å². The first kappa shape index (κ1) is 24.0. The van der Waals surface area contributed by atoms with Crippen molar-refractivity contribution < 1.29 is 9.78 Å². The van der Waals surface area contributed by atoms with Gasteiger partial charge < -0.3 is 4.89 Å². The molecule has 0 saturated heterocycles. The molecular weight excluding hydrogens is 332 g/mol. The zero-order valence-corrected chi connectivity index (χ0v) is 18.3. The van der Waals surface area contributed by atoms with Crippen molar-refractivity contribution >= 4 is 0 Å². The van der Waals surface area contributed by atoms with Gasteiger partial charge in [0.1, 0.15) is 6.10 Å². The van der Waals surface area contributed by atoms with Crippen molar-refractivity contribution in [3.63, 3.8) is 0 Å². The zero-order valence-electron chi connectivity index (χ0n) is 18.3. The Morgan fingerprint density at radius 3 is 1.93 bits per heavy atom. The lowest BCUT2D eigenvalue weighted by Crippen LogP contribution is -2.11. The van der Waals surface area contributed by atoms with Crippen LogP contribution in [0.3, 0.4) is 0 Å². The smallest absolute Gasteiger partial charge is 0.168 e. The molecule has 1 aromatic rings. The van der Waals surface area contributed by atoms with Crippen LogP contribution in [-0.2, 0) is 11.3 Å². The Kier molecular flexibility index (Phi) is 15.2. The van der Waals surface area contributed by atoms with Crippen molar-refractivity contribution in [1.82, 2.24) is 0 Å². The van der Waals surface area contributed by atoms with E-state index in [2.05, 4.69) is 32.9 Å². The second-order valence-electron chi connectivity index (χ2n) is 8.03. The van der Waals surface area contributed by atoms with Crippen molar-refractivity contribution in [2.45, 2.75) is 123 Å². The molecule has 0 N–H and O–H groups in total. The summed E-state index contributed by atoms with van der Waals surface area (Å²) in [6, 6.07) is 8.34. The average molecular weight is 377 g/mol. The van der Waals surface area contributed by atoms with Crippen molar-refractivity contribution in [1.29, 1.82) is 0 Å². The van der Waals surface area contributed by atoms with Crippen molar-refractivity contribution in [2.75, 3.05) is 0 Å². The summed E-state index contributed by atoms with van der Waals surface area (Å²) >= 11 is 0. The minimum Gasteiger partial charge on any atom is -0.337 e. The molecule has 0 aliphatic heterocycles. The molecule has 0 aliphatic rings. The van der Waals surface area contributed by atoms with Gasteiger partial charge in [-0.1, -0.05) is 109 Å². The Morgan fingerprint density at radius 2 is 1.26 bits per heavy atom. The lowest BCUT2D eigenvalue weighted by molar-refractivity contribution is -0.241. The molecule has 0 radical (unpaired) electrons. The number of rotatable bonds is 18. The molecule has 2 heteroatoms. The third kappa shape index (κ3) is 12.9. The van der Waals surface area contributed by atoms with Gasteiger partial charge in [-0.15, -0.1) is 0 Å². The largest absolute Gasteiger partial charge is 0.337 e. The average Bonchev–Trinajstić information content (AvgIpc) is 2.69. The van der Waals surface area contributed by atoms with Crippen LogP contribution in [0, 0.1) is 0 Å². The van der Waals surface area contributed by atoms with Crippen LogP contribution in [0.5, 0.6) is 5.75 Å². The van der Waals surface area contributed by atoms with E-state index in [1.165, 1.54) is 89.0 Å². The third-order valence-corrected chi connectivity index (χ3v) is 5.29. The van der Waals surface area contributed by atoms with Crippen LogP contribution in [0.25, 0.3) is 0 Å². The van der Waals surface area contributed by atoms with Gasteiger partial charge in [0, 0.05) is 0 Å². The highest BCUT2D eigenvalue weighted by molar-refractivity contribution is 5.32. The summed E-state index contributed by atoms with van der Waals surface area (Å²) in [4.78, 5) is 11.4. The van der Waals surface area contributed by atoms with E-state index >= 15 is 0 Å². The summed E-state index contributed by atoms with van der Waals surface area (Å²) in [6.07, 6.45) is 19.6. The second kappa shape index (κ2) is 17.1. The SMILES string of the molecule is CCCCCCCCCC(C)OOc1ccccc1CCCCCCCC. The van der Waals surface area contributed by atoms with E-state index in [1.54, 1.807) is 0 Å². The van der Waals surface area contributed by atoms with E-state index in [9.17, 15) is 0 Å². The van der Waals surface area contributed by atoms with E-state index in [0.29, 0.717) is 0 Å². The Balaban J connectivity index is 2.17. The van der Waals surface area contributed by atoms with E-state index in [-0.39, 0.29) is 6.10 Å². The molecular formula is C25H44O2. The van der Waals surface area contributed by atoms with Crippen LogP contribution in [-0.4, -0.2) is 6.10 Å².